The molecule has 0 radical (unpaired) electrons. The van der Waals surface area contributed by atoms with Crippen LogP contribution in [0.5, 0.6) is 5.75 Å². The molecule has 1 saturated carbocycles. The maximum absolute atomic E-state index is 14.2. The molecule has 4 aliphatic rings. The number of nitrogens with zero attached hydrogens (tertiary/aromatic N) is 4. The number of nitrogens with one attached hydrogen (secondary N) is 1. The maximum atomic E-state index is 14.2. The lowest BCUT2D eigenvalue weighted by molar-refractivity contribution is -0.162. The lowest BCUT2D eigenvalue weighted by Crippen LogP contribution is -2.65. The van der Waals surface area contributed by atoms with Crippen LogP contribution in [0.1, 0.15) is 76.3 Å². The average molecular weight is 686 g/mol. The van der Waals surface area contributed by atoms with Crippen molar-refractivity contribution in [1.82, 2.24) is 24.9 Å². The van der Waals surface area contributed by atoms with E-state index in [1.807, 2.05) is 40.1 Å². The van der Waals surface area contributed by atoms with Gasteiger partial charge in [-0.3, -0.25) is 24.1 Å². The fourth-order valence-corrected chi connectivity index (χ4v) is 8.77. The zero-order chi connectivity index (χ0) is 35.2. The Balaban J connectivity index is 1.26. The van der Waals surface area contributed by atoms with E-state index in [4.69, 9.17) is 0 Å². The van der Waals surface area contributed by atoms with E-state index in [2.05, 4.69) is 36.2 Å². The second kappa shape index (κ2) is 16.4. The Hall–Kier alpha value is -3.92. The molecule has 1 aliphatic carbocycles. The van der Waals surface area contributed by atoms with E-state index in [-0.39, 0.29) is 29.9 Å². The Kier molecular flexibility index (Phi) is 11.8. The highest BCUT2D eigenvalue weighted by molar-refractivity contribution is 6.36. The molecule has 50 heavy (non-hydrogen) atoms. The van der Waals surface area contributed by atoms with E-state index in [9.17, 15) is 24.3 Å². The van der Waals surface area contributed by atoms with Crippen molar-refractivity contribution in [3.8, 4) is 5.75 Å². The average Bonchev–Trinajstić information content (AvgIpc) is 3.55. The number of carbonyl (C=O) groups is 4. The second-order valence-corrected chi connectivity index (χ2v) is 15.5. The van der Waals surface area contributed by atoms with Crippen LogP contribution < -0.4 is 5.32 Å². The lowest BCUT2D eigenvalue weighted by Gasteiger charge is -2.46. The van der Waals surface area contributed by atoms with Gasteiger partial charge in [-0.1, -0.05) is 75.6 Å². The minimum atomic E-state index is -0.542. The molecule has 4 atom stereocenters. The second-order valence-electron chi connectivity index (χ2n) is 15.5. The number of amides is 4. The number of piperazine rings is 2. The summed E-state index contributed by atoms with van der Waals surface area (Å²) in [4.78, 5) is 61.9. The molecule has 3 aliphatic heterocycles. The molecule has 3 heterocycles. The van der Waals surface area contributed by atoms with Crippen molar-refractivity contribution in [2.75, 3.05) is 39.3 Å². The van der Waals surface area contributed by atoms with Crippen molar-refractivity contribution in [2.24, 2.45) is 11.8 Å². The minimum Gasteiger partial charge on any atom is -0.508 e. The van der Waals surface area contributed by atoms with Crippen molar-refractivity contribution in [1.29, 1.82) is 0 Å². The Labute approximate surface area is 297 Å². The molecule has 3 saturated heterocycles. The number of likely N-dealkylation sites (tertiary alicyclic amines) is 1. The molecule has 10 heteroatoms. The van der Waals surface area contributed by atoms with Gasteiger partial charge in [-0.05, 0) is 86.6 Å². The summed E-state index contributed by atoms with van der Waals surface area (Å²) in [5.74, 6) is -0.872. The summed E-state index contributed by atoms with van der Waals surface area (Å²) in [5, 5.41) is 12.8. The van der Waals surface area contributed by atoms with Crippen LogP contribution >= 0.6 is 0 Å². The number of aromatic hydroxyl groups is 1. The fraction of sp³-hybridized carbons (Fsp3) is 0.600. The summed E-state index contributed by atoms with van der Waals surface area (Å²) in [5.41, 5.74) is 2.13. The Morgan fingerprint density at radius 2 is 1.48 bits per heavy atom. The molecule has 270 valence electrons. The van der Waals surface area contributed by atoms with E-state index in [1.165, 1.54) is 19.3 Å². The van der Waals surface area contributed by atoms with Gasteiger partial charge >= 0.3 is 23.6 Å². The highest BCUT2D eigenvalue weighted by atomic mass is 16.3. The number of phenolic OH excluding ortho intramolecular Hbond substituents is 1. The van der Waals surface area contributed by atoms with Gasteiger partial charge in [0, 0.05) is 50.8 Å². The molecule has 10 nitrogen and oxygen atoms in total. The predicted molar refractivity (Wildman–Crippen MR) is 192 cm³/mol. The van der Waals surface area contributed by atoms with Crippen molar-refractivity contribution >= 4 is 23.6 Å². The summed E-state index contributed by atoms with van der Waals surface area (Å²) in [6.07, 6.45) is 9.65. The smallest absolute Gasteiger partial charge is 0.312 e. The molecule has 0 unspecified atom stereocenters. The van der Waals surface area contributed by atoms with Gasteiger partial charge in [-0.15, -0.1) is 0 Å². The number of hydrogen-bond donors (Lipinski definition) is 2. The zero-order valence-corrected chi connectivity index (χ0v) is 29.8. The van der Waals surface area contributed by atoms with Gasteiger partial charge in [-0.2, -0.15) is 0 Å². The molecular formula is C40H55N5O5. The van der Waals surface area contributed by atoms with Crippen LogP contribution in [0.4, 0.5) is 0 Å². The SMILES string of the molecule is CC(C)C[C@H]1CNC(=O)C(=O)N1C[C@@H]1CCCN1C[C@H](Cc1ccc(O)cc1)N1C[C@H](Cc2ccccc2)N(CC2CCCCC2)C(=O)C1=O. The zero-order valence-electron chi connectivity index (χ0n) is 29.8. The third-order valence-corrected chi connectivity index (χ3v) is 11.4. The van der Waals surface area contributed by atoms with E-state index >= 15 is 0 Å². The summed E-state index contributed by atoms with van der Waals surface area (Å²) in [6.45, 7) is 7.64. The molecule has 0 aromatic heterocycles. The van der Waals surface area contributed by atoms with Crippen molar-refractivity contribution < 1.29 is 24.3 Å². The molecular weight excluding hydrogens is 630 g/mol. The highest BCUT2D eigenvalue weighted by Gasteiger charge is 2.44. The van der Waals surface area contributed by atoms with Crippen molar-refractivity contribution in [3.63, 3.8) is 0 Å². The summed E-state index contributed by atoms with van der Waals surface area (Å²) < 4.78 is 0. The first kappa shape index (κ1) is 35.9. The molecule has 4 fully saturated rings. The van der Waals surface area contributed by atoms with Crippen LogP contribution in [0.3, 0.4) is 0 Å². The van der Waals surface area contributed by atoms with E-state index < -0.39 is 23.6 Å². The third kappa shape index (κ3) is 8.68. The van der Waals surface area contributed by atoms with Crippen molar-refractivity contribution in [2.45, 2.75) is 102 Å². The van der Waals surface area contributed by atoms with Crippen LogP contribution in [0, 0.1) is 11.8 Å². The molecule has 2 aromatic rings. The van der Waals surface area contributed by atoms with Gasteiger partial charge in [0.25, 0.3) is 0 Å². The Morgan fingerprint density at radius 3 is 2.20 bits per heavy atom. The lowest BCUT2D eigenvalue weighted by atomic mass is 9.87. The highest BCUT2D eigenvalue weighted by Crippen LogP contribution is 2.30. The van der Waals surface area contributed by atoms with Crippen LogP contribution in [-0.2, 0) is 32.0 Å². The number of carbonyl (C=O) groups excluding carboxylic acids is 4. The first-order chi connectivity index (χ1) is 24.2. The van der Waals surface area contributed by atoms with Gasteiger partial charge in [0.15, 0.2) is 0 Å². The van der Waals surface area contributed by atoms with Crippen LogP contribution in [0.2, 0.25) is 0 Å². The molecule has 0 spiro atoms. The van der Waals surface area contributed by atoms with Gasteiger partial charge in [0.05, 0.1) is 6.04 Å². The van der Waals surface area contributed by atoms with E-state index in [0.29, 0.717) is 57.4 Å². The summed E-state index contributed by atoms with van der Waals surface area (Å²) >= 11 is 0. The Morgan fingerprint density at radius 1 is 0.760 bits per heavy atom. The van der Waals surface area contributed by atoms with Gasteiger partial charge in [0.2, 0.25) is 0 Å². The van der Waals surface area contributed by atoms with Gasteiger partial charge < -0.3 is 25.1 Å². The standard InChI is InChI=1S/C40H55N5O5/c1-28(2)20-33-23-41-37(47)38(48)44(33)26-32-14-9-19-42(32)25-34(22-30-15-17-36(46)18-16-30)45-27-35(21-29-10-5-3-6-11-29)43(39(49)40(45)50)24-31-12-7-4-8-13-31/h3,5-6,10-11,15-18,28,31-35,46H,4,7-9,12-14,19-27H2,1-2H3,(H,41,47)/t32-,33-,34-,35-/m0/s1. The number of hydrogen-bond acceptors (Lipinski definition) is 6. The molecule has 4 amide bonds. The molecule has 2 N–H and O–H groups in total. The normalized spacial score (nSPS) is 24.7. The Bertz CT molecular complexity index is 1480. The topological polar surface area (TPSA) is 114 Å². The van der Waals surface area contributed by atoms with Gasteiger partial charge in [-0.25, -0.2) is 0 Å². The molecule has 2 aromatic carbocycles. The van der Waals surface area contributed by atoms with Crippen LogP contribution in [-0.4, -0.2) is 112 Å². The fourth-order valence-electron chi connectivity index (χ4n) is 8.77. The summed E-state index contributed by atoms with van der Waals surface area (Å²) in [7, 11) is 0. The third-order valence-electron chi connectivity index (χ3n) is 11.4. The first-order valence-electron chi connectivity index (χ1n) is 18.9. The summed E-state index contributed by atoms with van der Waals surface area (Å²) in [6, 6.07) is 16.9. The molecule has 6 rings (SSSR count). The van der Waals surface area contributed by atoms with E-state index in [0.717, 1.165) is 49.8 Å². The monoisotopic (exact) mass is 685 g/mol. The predicted octanol–water partition coefficient (Wildman–Crippen LogP) is 4.00. The first-order valence-corrected chi connectivity index (χ1v) is 18.9. The maximum Gasteiger partial charge on any atom is 0.312 e. The van der Waals surface area contributed by atoms with Crippen molar-refractivity contribution in [3.05, 3.63) is 65.7 Å². The number of benzene rings is 2. The van der Waals surface area contributed by atoms with Gasteiger partial charge in [0.1, 0.15) is 5.75 Å². The number of rotatable bonds is 13. The van der Waals surface area contributed by atoms with Crippen LogP contribution in [0.25, 0.3) is 0 Å². The largest absolute Gasteiger partial charge is 0.508 e. The quantitative estimate of drug-likeness (QED) is 0.309. The van der Waals surface area contributed by atoms with Crippen LogP contribution in [0.15, 0.2) is 54.6 Å². The minimum absolute atomic E-state index is 0.0420. The van der Waals surface area contributed by atoms with E-state index in [1.54, 1.807) is 17.0 Å². The molecule has 0 bridgehead atoms. The number of phenols is 1.